The van der Waals surface area contributed by atoms with Crippen LogP contribution in [0, 0.1) is 5.82 Å². The van der Waals surface area contributed by atoms with E-state index in [4.69, 9.17) is 15.6 Å². The second kappa shape index (κ2) is 6.14. The minimum atomic E-state index is -0.478. The maximum atomic E-state index is 14.0. The summed E-state index contributed by atoms with van der Waals surface area (Å²) in [7, 11) is 0. The van der Waals surface area contributed by atoms with Crippen LogP contribution >= 0.6 is 15.9 Å². The first kappa shape index (κ1) is 14.0. The molecule has 0 heterocycles. The van der Waals surface area contributed by atoms with Gasteiger partial charge < -0.3 is 15.6 Å². The summed E-state index contributed by atoms with van der Waals surface area (Å²) in [6.07, 6.45) is 0. The molecule has 0 aliphatic heterocycles. The van der Waals surface area contributed by atoms with Crippen LogP contribution in [0.1, 0.15) is 11.1 Å². The fourth-order valence-electron chi connectivity index (χ4n) is 1.60. The van der Waals surface area contributed by atoms with Crippen molar-refractivity contribution in [3.8, 4) is 11.5 Å². The van der Waals surface area contributed by atoms with Gasteiger partial charge in [0.15, 0.2) is 11.6 Å². The van der Waals surface area contributed by atoms with Gasteiger partial charge in [-0.2, -0.15) is 0 Å². The monoisotopic (exact) mass is 325 g/mol. The van der Waals surface area contributed by atoms with Gasteiger partial charge in [0.25, 0.3) is 0 Å². The Morgan fingerprint density at radius 3 is 2.42 bits per heavy atom. The number of ether oxygens (including phenoxy) is 1. The molecule has 19 heavy (non-hydrogen) atoms. The molecule has 100 valence electrons. The van der Waals surface area contributed by atoms with Crippen molar-refractivity contribution < 1.29 is 14.2 Å². The molecule has 0 bridgehead atoms. The molecule has 0 unspecified atom stereocenters. The molecule has 0 aliphatic rings. The van der Waals surface area contributed by atoms with Gasteiger partial charge in [0.1, 0.15) is 5.75 Å². The number of hydrogen-bond donors (Lipinski definition) is 2. The first-order valence-electron chi connectivity index (χ1n) is 5.70. The molecule has 2 aromatic carbocycles. The maximum Gasteiger partial charge on any atom is 0.180 e. The molecule has 0 atom stereocenters. The lowest BCUT2D eigenvalue weighted by molar-refractivity contribution is 0.281. The zero-order valence-corrected chi connectivity index (χ0v) is 11.7. The number of halogens is 2. The van der Waals surface area contributed by atoms with Crippen molar-refractivity contribution >= 4 is 15.9 Å². The SMILES string of the molecule is NCc1ccc(Oc2ccc(CO)cc2)c(F)c1Br. The van der Waals surface area contributed by atoms with Crippen LogP contribution in [0.2, 0.25) is 0 Å². The smallest absolute Gasteiger partial charge is 0.180 e. The van der Waals surface area contributed by atoms with Crippen LogP contribution in [0.4, 0.5) is 4.39 Å². The molecule has 5 heteroatoms. The number of hydrogen-bond acceptors (Lipinski definition) is 3. The summed E-state index contributed by atoms with van der Waals surface area (Å²) >= 11 is 3.16. The number of nitrogens with two attached hydrogens (primary N) is 1. The Balaban J connectivity index is 2.25. The number of aliphatic hydroxyl groups is 1. The fourth-order valence-corrected chi connectivity index (χ4v) is 2.09. The third-order valence-corrected chi connectivity index (χ3v) is 3.54. The van der Waals surface area contributed by atoms with Gasteiger partial charge in [0.2, 0.25) is 0 Å². The molecule has 3 nitrogen and oxygen atoms in total. The van der Waals surface area contributed by atoms with Crippen LogP contribution in [0.15, 0.2) is 40.9 Å². The summed E-state index contributed by atoms with van der Waals surface area (Å²) in [6.45, 7) is 0.217. The van der Waals surface area contributed by atoms with Gasteiger partial charge in [-0.3, -0.25) is 0 Å². The second-order valence-corrected chi connectivity index (χ2v) is 4.75. The summed E-state index contributed by atoms with van der Waals surface area (Å²) < 4.78 is 19.8. The van der Waals surface area contributed by atoms with Crippen molar-refractivity contribution in [2.24, 2.45) is 5.73 Å². The van der Waals surface area contributed by atoms with E-state index in [-0.39, 0.29) is 18.9 Å². The van der Waals surface area contributed by atoms with Crippen molar-refractivity contribution in [1.29, 1.82) is 0 Å². The van der Waals surface area contributed by atoms with Gasteiger partial charge in [-0.05, 0) is 45.3 Å². The predicted molar refractivity (Wildman–Crippen MR) is 74.4 cm³/mol. The molecule has 0 aromatic heterocycles. The minimum absolute atomic E-state index is 0.0363. The van der Waals surface area contributed by atoms with Gasteiger partial charge >= 0.3 is 0 Å². The van der Waals surface area contributed by atoms with Gasteiger partial charge in [-0.25, -0.2) is 4.39 Å². The number of benzene rings is 2. The Hall–Kier alpha value is -1.43. The molecule has 0 aliphatic carbocycles. The number of aliphatic hydroxyl groups excluding tert-OH is 1. The van der Waals surface area contributed by atoms with Crippen LogP contribution in [-0.4, -0.2) is 5.11 Å². The van der Waals surface area contributed by atoms with Crippen LogP contribution in [0.3, 0.4) is 0 Å². The van der Waals surface area contributed by atoms with E-state index in [2.05, 4.69) is 15.9 Å². The highest BCUT2D eigenvalue weighted by atomic mass is 79.9. The summed E-state index contributed by atoms with van der Waals surface area (Å²) in [5.41, 5.74) is 6.94. The van der Waals surface area contributed by atoms with Crippen LogP contribution in [0.5, 0.6) is 11.5 Å². The van der Waals surface area contributed by atoms with Crippen molar-refractivity contribution in [2.75, 3.05) is 0 Å². The van der Waals surface area contributed by atoms with E-state index in [0.29, 0.717) is 15.8 Å². The van der Waals surface area contributed by atoms with E-state index < -0.39 is 5.82 Å². The average Bonchev–Trinajstić information content (AvgIpc) is 2.45. The molecule has 0 fully saturated rings. The normalized spacial score (nSPS) is 10.5. The van der Waals surface area contributed by atoms with Gasteiger partial charge in [0.05, 0.1) is 11.1 Å². The molecule has 0 saturated heterocycles. The predicted octanol–water partition coefficient (Wildman–Crippen LogP) is 3.33. The Labute approximate surface area is 118 Å². The van der Waals surface area contributed by atoms with Crippen molar-refractivity contribution in [1.82, 2.24) is 0 Å². The largest absolute Gasteiger partial charge is 0.454 e. The van der Waals surface area contributed by atoms with Crippen LogP contribution < -0.4 is 10.5 Å². The first-order valence-corrected chi connectivity index (χ1v) is 6.49. The maximum absolute atomic E-state index is 14.0. The average molecular weight is 326 g/mol. The molecular weight excluding hydrogens is 313 g/mol. The topological polar surface area (TPSA) is 55.5 Å². The van der Waals surface area contributed by atoms with Gasteiger partial charge in [-0.1, -0.05) is 18.2 Å². The van der Waals surface area contributed by atoms with Crippen LogP contribution in [-0.2, 0) is 13.2 Å². The lowest BCUT2D eigenvalue weighted by Gasteiger charge is -2.10. The minimum Gasteiger partial charge on any atom is -0.454 e. The lowest BCUT2D eigenvalue weighted by Crippen LogP contribution is -2.00. The third kappa shape index (κ3) is 3.12. The third-order valence-electron chi connectivity index (χ3n) is 2.68. The van der Waals surface area contributed by atoms with Crippen molar-refractivity contribution in [3.05, 3.63) is 57.8 Å². The Kier molecular flexibility index (Phi) is 4.52. The van der Waals surface area contributed by atoms with E-state index in [1.807, 2.05) is 0 Å². The summed E-state index contributed by atoms with van der Waals surface area (Å²) in [6, 6.07) is 10.0. The van der Waals surface area contributed by atoms with E-state index in [9.17, 15) is 4.39 Å². The number of rotatable bonds is 4. The zero-order valence-electron chi connectivity index (χ0n) is 10.1. The molecule has 0 radical (unpaired) electrons. The van der Waals surface area contributed by atoms with E-state index in [0.717, 1.165) is 5.56 Å². The quantitative estimate of drug-likeness (QED) is 0.906. The highest BCUT2D eigenvalue weighted by Crippen LogP contribution is 2.31. The van der Waals surface area contributed by atoms with E-state index >= 15 is 0 Å². The summed E-state index contributed by atoms with van der Waals surface area (Å²) in [4.78, 5) is 0. The van der Waals surface area contributed by atoms with Gasteiger partial charge in [0, 0.05) is 6.54 Å². The summed E-state index contributed by atoms with van der Waals surface area (Å²) in [5.74, 6) is 0.151. The first-order chi connectivity index (χ1) is 9.15. The summed E-state index contributed by atoms with van der Waals surface area (Å²) in [5, 5.41) is 8.94. The molecule has 0 amide bonds. The highest BCUT2D eigenvalue weighted by Gasteiger charge is 2.12. The zero-order chi connectivity index (χ0) is 13.8. The van der Waals surface area contributed by atoms with Gasteiger partial charge in [-0.15, -0.1) is 0 Å². The Bertz CT molecular complexity index is 572. The molecular formula is C14H13BrFNO2. The van der Waals surface area contributed by atoms with E-state index in [1.165, 1.54) is 0 Å². The Morgan fingerprint density at radius 1 is 1.16 bits per heavy atom. The lowest BCUT2D eigenvalue weighted by atomic mass is 10.2. The molecule has 2 aromatic rings. The van der Waals surface area contributed by atoms with Crippen molar-refractivity contribution in [2.45, 2.75) is 13.2 Å². The Morgan fingerprint density at radius 2 is 1.84 bits per heavy atom. The van der Waals surface area contributed by atoms with Crippen molar-refractivity contribution in [3.63, 3.8) is 0 Å². The molecule has 2 rings (SSSR count). The molecule has 0 saturated carbocycles. The standard InChI is InChI=1S/C14H13BrFNO2/c15-13-10(7-17)3-6-12(14(13)16)19-11-4-1-9(8-18)2-5-11/h1-6,18H,7-8,17H2. The fraction of sp³-hybridized carbons (Fsp3) is 0.143. The van der Waals surface area contributed by atoms with Crippen LogP contribution in [0.25, 0.3) is 0 Å². The van der Waals surface area contributed by atoms with E-state index in [1.54, 1.807) is 36.4 Å². The highest BCUT2D eigenvalue weighted by molar-refractivity contribution is 9.10. The molecule has 0 spiro atoms. The second-order valence-electron chi connectivity index (χ2n) is 3.96. The molecule has 3 N–H and O–H groups in total.